The Balaban J connectivity index is 0.00000261. The molecule has 1 aliphatic heterocycles. The van der Waals surface area contributed by atoms with Crippen molar-refractivity contribution in [3.05, 3.63) is 63.6 Å². The lowest BCUT2D eigenvalue weighted by Crippen LogP contribution is -2.43. The number of hydrogen-bond donors (Lipinski definition) is 1. The zero-order valence-corrected chi connectivity index (χ0v) is 18.1. The van der Waals surface area contributed by atoms with Crippen molar-refractivity contribution < 1.29 is 14.6 Å². The summed E-state index contributed by atoms with van der Waals surface area (Å²) in [7, 11) is 0. The van der Waals surface area contributed by atoms with Crippen molar-refractivity contribution in [3.8, 4) is 5.75 Å². The molecule has 2 aromatic rings. The van der Waals surface area contributed by atoms with Gasteiger partial charge in [-0.15, -0.1) is 12.4 Å². The molecular weight excluding hydrogens is 430 g/mol. The van der Waals surface area contributed by atoms with Crippen LogP contribution >= 0.6 is 28.3 Å². The van der Waals surface area contributed by atoms with Gasteiger partial charge in [0.2, 0.25) is 0 Å². The predicted molar refractivity (Wildman–Crippen MR) is 114 cm³/mol. The van der Waals surface area contributed by atoms with Gasteiger partial charge in [-0.3, -0.25) is 4.90 Å². The van der Waals surface area contributed by atoms with E-state index in [4.69, 9.17) is 9.47 Å². The molecule has 0 aliphatic carbocycles. The summed E-state index contributed by atoms with van der Waals surface area (Å²) < 4.78 is 12.7. The quantitative estimate of drug-likeness (QED) is 0.704. The Morgan fingerprint density at radius 2 is 1.96 bits per heavy atom. The molecule has 2 atom stereocenters. The van der Waals surface area contributed by atoms with Crippen LogP contribution in [0.2, 0.25) is 0 Å². The summed E-state index contributed by atoms with van der Waals surface area (Å²) in [6.07, 6.45) is -0.495. The molecule has 3 rings (SSSR count). The Bertz CT molecular complexity index is 723. The highest BCUT2D eigenvalue weighted by atomic mass is 79.9. The first-order valence-electron chi connectivity index (χ1n) is 8.98. The van der Waals surface area contributed by atoms with Gasteiger partial charge in [0.1, 0.15) is 18.5 Å². The Labute approximate surface area is 176 Å². The number of rotatable bonds is 6. The van der Waals surface area contributed by atoms with Crippen LogP contribution < -0.4 is 4.74 Å². The van der Waals surface area contributed by atoms with Crippen LogP contribution in [-0.4, -0.2) is 49.0 Å². The van der Waals surface area contributed by atoms with Crippen LogP contribution in [0.25, 0.3) is 0 Å². The standard InChI is InChI=1S/C21H26BrNO3.ClH/c1-15-8-16(2)10-20(9-15)26-14-19(24)12-23-6-7-25-21(13-23)17-4-3-5-18(22)11-17;/h3-5,8-11,19,21,24H,6-7,12-14H2,1-2H3;1H. The molecule has 1 N–H and O–H groups in total. The number of aliphatic hydroxyl groups excluding tert-OH is 1. The fourth-order valence-corrected chi connectivity index (χ4v) is 3.75. The lowest BCUT2D eigenvalue weighted by Gasteiger charge is -2.34. The molecule has 4 nitrogen and oxygen atoms in total. The van der Waals surface area contributed by atoms with Gasteiger partial charge in [0, 0.05) is 24.1 Å². The maximum Gasteiger partial charge on any atom is 0.119 e. The van der Waals surface area contributed by atoms with Gasteiger partial charge in [-0.2, -0.15) is 0 Å². The lowest BCUT2D eigenvalue weighted by molar-refractivity contribution is -0.0459. The second kappa shape index (κ2) is 10.4. The molecule has 2 aromatic carbocycles. The van der Waals surface area contributed by atoms with Crippen LogP contribution in [0.4, 0.5) is 0 Å². The summed E-state index contributed by atoms with van der Waals surface area (Å²) in [5, 5.41) is 10.4. The number of halogens is 2. The molecule has 0 saturated carbocycles. The van der Waals surface area contributed by atoms with Crippen molar-refractivity contribution in [2.45, 2.75) is 26.1 Å². The molecular formula is C21H27BrClNO3. The molecule has 0 radical (unpaired) electrons. The summed E-state index contributed by atoms with van der Waals surface area (Å²) >= 11 is 3.51. The first-order chi connectivity index (χ1) is 12.5. The molecule has 0 amide bonds. The molecule has 1 fully saturated rings. The molecule has 2 unspecified atom stereocenters. The second-order valence-corrected chi connectivity index (χ2v) is 7.88. The molecule has 0 spiro atoms. The van der Waals surface area contributed by atoms with Gasteiger partial charge in [-0.1, -0.05) is 34.1 Å². The normalized spacial score (nSPS) is 18.6. The van der Waals surface area contributed by atoms with Crippen molar-refractivity contribution in [2.75, 3.05) is 32.8 Å². The van der Waals surface area contributed by atoms with Gasteiger partial charge in [0.05, 0.1) is 12.7 Å². The molecule has 1 saturated heterocycles. The largest absolute Gasteiger partial charge is 0.491 e. The topological polar surface area (TPSA) is 41.9 Å². The van der Waals surface area contributed by atoms with E-state index in [0.717, 1.165) is 28.9 Å². The number of β-amino-alcohol motifs (C(OH)–C–C–N with tert-alkyl or cyclic N) is 1. The Hall–Kier alpha value is -1.11. The predicted octanol–water partition coefficient (Wildman–Crippen LogP) is 4.30. The number of hydrogen-bond acceptors (Lipinski definition) is 4. The van der Waals surface area contributed by atoms with E-state index in [2.05, 4.69) is 39.0 Å². The van der Waals surface area contributed by atoms with Gasteiger partial charge in [0.15, 0.2) is 0 Å². The highest BCUT2D eigenvalue weighted by molar-refractivity contribution is 9.10. The number of morpholine rings is 1. The monoisotopic (exact) mass is 455 g/mol. The first-order valence-corrected chi connectivity index (χ1v) is 9.77. The molecule has 0 aromatic heterocycles. The van der Waals surface area contributed by atoms with E-state index in [1.54, 1.807) is 0 Å². The molecule has 0 bridgehead atoms. The number of nitrogens with zero attached hydrogens (tertiary/aromatic N) is 1. The molecule has 27 heavy (non-hydrogen) atoms. The van der Waals surface area contributed by atoms with E-state index in [-0.39, 0.29) is 18.5 Å². The van der Waals surface area contributed by atoms with E-state index in [0.29, 0.717) is 19.8 Å². The molecule has 1 heterocycles. The van der Waals surface area contributed by atoms with E-state index in [1.165, 1.54) is 11.1 Å². The fraction of sp³-hybridized carbons (Fsp3) is 0.429. The maximum absolute atomic E-state index is 10.4. The summed E-state index contributed by atoms with van der Waals surface area (Å²) in [6, 6.07) is 14.3. The minimum Gasteiger partial charge on any atom is -0.491 e. The minimum absolute atomic E-state index is 0. The summed E-state index contributed by atoms with van der Waals surface area (Å²) in [5.41, 5.74) is 3.49. The molecule has 148 valence electrons. The number of aryl methyl sites for hydroxylation is 2. The SMILES string of the molecule is Cc1cc(C)cc(OCC(O)CN2CCOC(c3cccc(Br)c3)C2)c1.Cl. The fourth-order valence-electron chi connectivity index (χ4n) is 3.34. The van der Waals surface area contributed by atoms with E-state index in [1.807, 2.05) is 38.1 Å². The highest BCUT2D eigenvalue weighted by Crippen LogP contribution is 2.25. The van der Waals surface area contributed by atoms with E-state index >= 15 is 0 Å². The van der Waals surface area contributed by atoms with Crippen molar-refractivity contribution in [3.63, 3.8) is 0 Å². The van der Waals surface area contributed by atoms with Crippen molar-refractivity contribution in [1.29, 1.82) is 0 Å². The van der Waals surface area contributed by atoms with Crippen LogP contribution in [0.1, 0.15) is 22.8 Å². The maximum atomic E-state index is 10.4. The van der Waals surface area contributed by atoms with Crippen LogP contribution in [-0.2, 0) is 4.74 Å². The summed E-state index contributed by atoms with van der Waals surface area (Å²) in [5.74, 6) is 0.815. The van der Waals surface area contributed by atoms with Gasteiger partial charge in [-0.25, -0.2) is 0 Å². The van der Waals surface area contributed by atoms with Crippen molar-refractivity contribution >= 4 is 28.3 Å². The van der Waals surface area contributed by atoms with Gasteiger partial charge in [-0.05, 0) is 54.8 Å². The highest BCUT2D eigenvalue weighted by Gasteiger charge is 2.24. The number of aliphatic hydroxyl groups is 1. The minimum atomic E-state index is -0.530. The molecule has 1 aliphatic rings. The second-order valence-electron chi connectivity index (χ2n) is 6.96. The average Bonchev–Trinajstić information content (AvgIpc) is 2.59. The first kappa shape index (κ1) is 22.2. The summed E-state index contributed by atoms with van der Waals surface area (Å²) in [6.45, 7) is 7.24. The third-order valence-electron chi connectivity index (χ3n) is 4.48. The Morgan fingerprint density at radius 1 is 1.22 bits per heavy atom. The van der Waals surface area contributed by atoms with Crippen molar-refractivity contribution in [1.82, 2.24) is 4.90 Å². The van der Waals surface area contributed by atoms with Gasteiger partial charge >= 0.3 is 0 Å². The third kappa shape index (κ3) is 6.77. The zero-order valence-electron chi connectivity index (χ0n) is 15.7. The number of benzene rings is 2. The zero-order chi connectivity index (χ0) is 18.5. The van der Waals surface area contributed by atoms with Gasteiger partial charge < -0.3 is 14.6 Å². The van der Waals surface area contributed by atoms with E-state index < -0.39 is 6.10 Å². The van der Waals surface area contributed by atoms with Gasteiger partial charge in [0.25, 0.3) is 0 Å². The van der Waals surface area contributed by atoms with Crippen LogP contribution in [0.5, 0.6) is 5.75 Å². The lowest BCUT2D eigenvalue weighted by atomic mass is 10.1. The Kier molecular flexibility index (Phi) is 8.58. The molecule has 6 heteroatoms. The number of ether oxygens (including phenoxy) is 2. The third-order valence-corrected chi connectivity index (χ3v) is 4.97. The van der Waals surface area contributed by atoms with E-state index in [9.17, 15) is 5.11 Å². The van der Waals surface area contributed by atoms with Crippen LogP contribution in [0.15, 0.2) is 46.9 Å². The summed E-state index contributed by atoms with van der Waals surface area (Å²) in [4.78, 5) is 2.24. The van der Waals surface area contributed by atoms with Crippen LogP contribution in [0, 0.1) is 13.8 Å². The van der Waals surface area contributed by atoms with Crippen molar-refractivity contribution in [2.24, 2.45) is 0 Å². The Morgan fingerprint density at radius 3 is 2.67 bits per heavy atom. The van der Waals surface area contributed by atoms with Crippen LogP contribution in [0.3, 0.4) is 0 Å². The average molecular weight is 457 g/mol. The smallest absolute Gasteiger partial charge is 0.119 e.